The number of nitrogen functional groups attached to an aromatic ring is 1. The second-order valence-corrected chi connectivity index (χ2v) is 7.88. The third-order valence-corrected chi connectivity index (χ3v) is 5.61. The number of ether oxygens (including phenoxy) is 1. The first-order chi connectivity index (χ1) is 17.0. The van der Waals surface area contributed by atoms with Gasteiger partial charge in [0.05, 0.1) is 23.9 Å². The lowest BCUT2D eigenvalue weighted by Gasteiger charge is -2.09. The van der Waals surface area contributed by atoms with Crippen molar-refractivity contribution in [3.63, 3.8) is 0 Å². The van der Waals surface area contributed by atoms with E-state index in [4.69, 9.17) is 10.5 Å². The van der Waals surface area contributed by atoms with Gasteiger partial charge < -0.3 is 15.8 Å². The minimum atomic E-state index is -0.449. The van der Waals surface area contributed by atoms with Crippen molar-refractivity contribution in [2.45, 2.75) is 6.42 Å². The van der Waals surface area contributed by atoms with Crippen LogP contribution in [0.25, 0.3) is 28.0 Å². The highest BCUT2D eigenvalue weighted by Gasteiger charge is 2.21. The number of nitrogens with one attached hydrogen (secondary N) is 1. The van der Waals surface area contributed by atoms with Crippen molar-refractivity contribution in [1.29, 1.82) is 0 Å². The fourth-order valence-corrected chi connectivity index (χ4v) is 3.85. The van der Waals surface area contributed by atoms with Crippen molar-refractivity contribution in [2.75, 3.05) is 24.7 Å². The Labute approximate surface area is 200 Å². The van der Waals surface area contributed by atoms with E-state index in [9.17, 15) is 8.78 Å². The number of aromatic nitrogens is 4. The molecule has 2 heterocycles. The minimum absolute atomic E-state index is 0.189. The monoisotopic (exact) mass is 472 g/mol. The van der Waals surface area contributed by atoms with Gasteiger partial charge in [-0.3, -0.25) is 0 Å². The summed E-state index contributed by atoms with van der Waals surface area (Å²) in [4.78, 5) is 9.09. The van der Waals surface area contributed by atoms with Crippen LogP contribution in [-0.4, -0.2) is 33.4 Å². The van der Waals surface area contributed by atoms with Gasteiger partial charge in [0.2, 0.25) is 5.95 Å². The molecule has 0 atom stereocenters. The summed E-state index contributed by atoms with van der Waals surface area (Å²) in [6.07, 6.45) is 0.709. The highest BCUT2D eigenvalue weighted by Crippen LogP contribution is 2.34. The Morgan fingerprint density at radius 2 is 1.77 bits per heavy atom. The van der Waals surface area contributed by atoms with Gasteiger partial charge >= 0.3 is 0 Å². The molecule has 0 spiro atoms. The largest absolute Gasteiger partial charge is 0.497 e. The molecule has 35 heavy (non-hydrogen) atoms. The summed E-state index contributed by atoms with van der Waals surface area (Å²) in [5, 5.41) is 8.07. The standard InChI is InChI=1S/C26H22F2N6O/c1-35-19-11-9-16(10-12-19)13-14-30-26-31-23(20-7-2-3-8-21(20)28)22-24(29)34(33-25(22)32-26)18-6-4-5-17(27)15-18/h2-12,15H,13-14,29H2,1H3,(H,30,32,33). The summed E-state index contributed by atoms with van der Waals surface area (Å²) in [6, 6.07) is 19.9. The van der Waals surface area contributed by atoms with Gasteiger partial charge in [0, 0.05) is 12.1 Å². The van der Waals surface area contributed by atoms with E-state index in [1.54, 1.807) is 37.4 Å². The lowest BCUT2D eigenvalue weighted by atomic mass is 10.1. The lowest BCUT2D eigenvalue weighted by molar-refractivity contribution is 0.414. The summed E-state index contributed by atoms with van der Waals surface area (Å²) in [7, 11) is 1.62. The summed E-state index contributed by atoms with van der Waals surface area (Å²) < 4.78 is 35.2. The summed E-state index contributed by atoms with van der Waals surface area (Å²) in [5.41, 5.74) is 8.78. The highest BCUT2D eigenvalue weighted by molar-refractivity contribution is 5.99. The van der Waals surface area contributed by atoms with Gasteiger partial charge in [0.25, 0.3) is 0 Å². The van der Waals surface area contributed by atoms with Gasteiger partial charge in [-0.05, 0) is 54.4 Å². The van der Waals surface area contributed by atoms with Crippen molar-refractivity contribution in [1.82, 2.24) is 19.7 Å². The molecule has 0 aliphatic rings. The number of hydrogen-bond acceptors (Lipinski definition) is 6. The van der Waals surface area contributed by atoms with Crippen LogP contribution in [0, 0.1) is 11.6 Å². The number of benzene rings is 3. The van der Waals surface area contributed by atoms with Gasteiger partial charge in [-0.1, -0.05) is 30.3 Å². The zero-order chi connectivity index (χ0) is 24.4. The average Bonchev–Trinajstić information content (AvgIpc) is 3.21. The molecule has 0 fully saturated rings. The first kappa shape index (κ1) is 22.3. The molecule has 0 saturated heterocycles. The maximum atomic E-state index is 14.8. The van der Waals surface area contributed by atoms with Crippen LogP contribution in [0.15, 0.2) is 72.8 Å². The number of methoxy groups -OCH3 is 1. The average molecular weight is 472 g/mol. The quantitative estimate of drug-likeness (QED) is 0.346. The SMILES string of the molecule is COc1ccc(CCNc2nc(-c3ccccc3F)c3c(N)n(-c4cccc(F)c4)nc3n2)cc1. The van der Waals surface area contributed by atoms with Crippen LogP contribution in [0.4, 0.5) is 20.5 Å². The van der Waals surface area contributed by atoms with Gasteiger partial charge in [-0.2, -0.15) is 4.98 Å². The molecule has 3 aromatic carbocycles. The summed E-state index contributed by atoms with van der Waals surface area (Å²) in [6.45, 7) is 0.536. The predicted octanol–water partition coefficient (Wildman–Crippen LogP) is 5.01. The fourth-order valence-electron chi connectivity index (χ4n) is 3.85. The van der Waals surface area contributed by atoms with E-state index in [-0.39, 0.29) is 23.0 Å². The smallest absolute Gasteiger partial charge is 0.225 e. The predicted molar refractivity (Wildman–Crippen MR) is 132 cm³/mol. The maximum Gasteiger partial charge on any atom is 0.225 e. The van der Waals surface area contributed by atoms with Crippen LogP contribution in [0.3, 0.4) is 0 Å². The third-order valence-electron chi connectivity index (χ3n) is 5.61. The Bertz CT molecular complexity index is 1500. The second-order valence-electron chi connectivity index (χ2n) is 7.88. The Morgan fingerprint density at radius 1 is 0.971 bits per heavy atom. The van der Waals surface area contributed by atoms with Gasteiger partial charge in [-0.25, -0.2) is 18.4 Å². The maximum absolute atomic E-state index is 14.8. The van der Waals surface area contributed by atoms with Crippen molar-refractivity contribution < 1.29 is 13.5 Å². The molecular formula is C26H22F2N6O. The molecule has 9 heteroatoms. The first-order valence-corrected chi connectivity index (χ1v) is 11.0. The van der Waals surface area contributed by atoms with Crippen molar-refractivity contribution in [3.8, 4) is 22.7 Å². The summed E-state index contributed by atoms with van der Waals surface area (Å²) >= 11 is 0. The number of hydrogen-bond donors (Lipinski definition) is 2. The molecule has 0 amide bonds. The molecule has 5 aromatic rings. The molecular weight excluding hydrogens is 450 g/mol. The molecule has 176 valence electrons. The van der Waals surface area contributed by atoms with Crippen molar-refractivity contribution in [3.05, 3.63) is 90.0 Å². The number of halogens is 2. The molecule has 0 aliphatic heterocycles. The molecule has 5 rings (SSSR count). The van der Waals surface area contributed by atoms with Gasteiger partial charge in [0.1, 0.15) is 23.2 Å². The van der Waals surface area contributed by atoms with Crippen LogP contribution in [0.2, 0.25) is 0 Å². The molecule has 0 aliphatic carbocycles. The fraction of sp³-hybridized carbons (Fsp3) is 0.115. The molecule has 7 nitrogen and oxygen atoms in total. The summed E-state index contributed by atoms with van der Waals surface area (Å²) in [5.74, 6) is 0.385. The number of anilines is 2. The zero-order valence-electron chi connectivity index (χ0n) is 18.9. The minimum Gasteiger partial charge on any atom is -0.497 e. The topological polar surface area (TPSA) is 90.9 Å². The number of nitrogens with zero attached hydrogens (tertiary/aromatic N) is 4. The normalized spacial score (nSPS) is 11.1. The van der Waals surface area contributed by atoms with E-state index in [0.29, 0.717) is 29.7 Å². The number of fused-ring (bicyclic) bond motifs is 1. The van der Waals surface area contributed by atoms with Crippen LogP contribution in [0.1, 0.15) is 5.56 Å². The van der Waals surface area contributed by atoms with E-state index in [1.807, 2.05) is 24.3 Å². The van der Waals surface area contributed by atoms with E-state index < -0.39 is 11.6 Å². The van der Waals surface area contributed by atoms with Gasteiger partial charge in [0.15, 0.2) is 5.65 Å². The van der Waals surface area contributed by atoms with E-state index in [1.165, 1.54) is 22.9 Å². The van der Waals surface area contributed by atoms with E-state index in [2.05, 4.69) is 20.4 Å². The number of rotatable bonds is 7. The molecule has 0 unspecified atom stereocenters. The van der Waals surface area contributed by atoms with E-state index in [0.717, 1.165) is 11.3 Å². The first-order valence-electron chi connectivity index (χ1n) is 11.0. The highest BCUT2D eigenvalue weighted by atomic mass is 19.1. The Balaban J connectivity index is 1.54. The molecule has 2 aromatic heterocycles. The molecule has 0 saturated carbocycles. The molecule has 3 N–H and O–H groups in total. The number of nitrogens with two attached hydrogens (primary N) is 1. The van der Waals surface area contributed by atoms with Gasteiger partial charge in [-0.15, -0.1) is 5.10 Å². The van der Waals surface area contributed by atoms with E-state index >= 15 is 0 Å². The third kappa shape index (κ3) is 4.48. The van der Waals surface area contributed by atoms with Crippen LogP contribution in [0.5, 0.6) is 5.75 Å². The molecule has 0 bridgehead atoms. The second kappa shape index (κ2) is 9.38. The Hall–Kier alpha value is -4.53. The molecule has 0 radical (unpaired) electrons. The van der Waals surface area contributed by atoms with Crippen LogP contribution in [-0.2, 0) is 6.42 Å². The lowest BCUT2D eigenvalue weighted by Crippen LogP contribution is -2.09. The Morgan fingerprint density at radius 3 is 2.51 bits per heavy atom. The van der Waals surface area contributed by atoms with Crippen LogP contribution >= 0.6 is 0 Å². The Kier molecular flexibility index (Phi) is 5.97. The van der Waals surface area contributed by atoms with Crippen LogP contribution < -0.4 is 15.8 Å². The van der Waals surface area contributed by atoms with Crippen molar-refractivity contribution >= 4 is 22.8 Å². The van der Waals surface area contributed by atoms with Crippen molar-refractivity contribution in [2.24, 2.45) is 0 Å². The zero-order valence-corrected chi connectivity index (χ0v) is 18.9.